The fraction of sp³-hybridized carbons (Fsp3) is 0.417. The summed E-state index contributed by atoms with van der Waals surface area (Å²) in [5.41, 5.74) is 0.951. The lowest BCUT2D eigenvalue weighted by Crippen LogP contribution is -2.21. The summed E-state index contributed by atoms with van der Waals surface area (Å²) in [6, 6.07) is 3.95. The summed E-state index contributed by atoms with van der Waals surface area (Å²) in [7, 11) is 0. The predicted octanol–water partition coefficient (Wildman–Crippen LogP) is 1.21. The summed E-state index contributed by atoms with van der Waals surface area (Å²) in [5, 5.41) is 17.9. The fourth-order valence-corrected chi connectivity index (χ4v) is 2.37. The Balaban J connectivity index is 2.10. The van der Waals surface area contributed by atoms with Crippen molar-refractivity contribution in [2.75, 3.05) is 6.61 Å². The third kappa shape index (κ3) is 1.72. The van der Waals surface area contributed by atoms with Gasteiger partial charge in [0, 0.05) is 24.4 Å². The maximum Gasteiger partial charge on any atom is 0.165 e. The highest BCUT2D eigenvalue weighted by Gasteiger charge is 2.24. The van der Waals surface area contributed by atoms with Gasteiger partial charge >= 0.3 is 0 Å². The van der Waals surface area contributed by atoms with Crippen molar-refractivity contribution in [3.8, 4) is 11.4 Å². The number of pyridine rings is 1. The topological polar surface area (TPSA) is 63.8 Å². The zero-order valence-electron chi connectivity index (χ0n) is 9.45. The van der Waals surface area contributed by atoms with Crippen molar-refractivity contribution in [3.05, 3.63) is 30.4 Å². The maximum atomic E-state index is 9.44. The second-order valence-corrected chi connectivity index (χ2v) is 4.28. The lowest BCUT2D eigenvalue weighted by atomic mass is 10.0. The summed E-state index contributed by atoms with van der Waals surface area (Å²) >= 11 is 0. The van der Waals surface area contributed by atoms with E-state index < -0.39 is 0 Å². The van der Waals surface area contributed by atoms with Crippen molar-refractivity contribution in [2.24, 2.45) is 0 Å². The molecule has 2 aromatic heterocycles. The zero-order chi connectivity index (χ0) is 11.7. The molecule has 0 radical (unpaired) electrons. The average Bonchev–Trinajstić information content (AvgIpc) is 2.83. The first-order valence-electron chi connectivity index (χ1n) is 5.85. The van der Waals surface area contributed by atoms with Gasteiger partial charge in [-0.05, 0) is 25.0 Å². The number of nitrogens with zero attached hydrogens (tertiary/aromatic N) is 4. The number of aromatic nitrogens is 4. The molecule has 3 heterocycles. The van der Waals surface area contributed by atoms with Crippen LogP contribution >= 0.6 is 0 Å². The van der Waals surface area contributed by atoms with Crippen molar-refractivity contribution < 1.29 is 5.11 Å². The number of rotatable bonds is 2. The minimum atomic E-state index is 0.101. The van der Waals surface area contributed by atoms with Crippen molar-refractivity contribution in [3.63, 3.8) is 0 Å². The van der Waals surface area contributed by atoms with E-state index in [2.05, 4.69) is 19.7 Å². The molecule has 0 aliphatic carbocycles. The van der Waals surface area contributed by atoms with Gasteiger partial charge in [0.25, 0.3) is 0 Å². The number of hydrogen-bond donors (Lipinski definition) is 1. The van der Waals surface area contributed by atoms with Gasteiger partial charge in [0.2, 0.25) is 0 Å². The quantitative estimate of drug-likeness (QED) is 0.842. The molecular weight excluding hydrogens is 216 g/mol. The molecule has 88 valence electrons. The Labute approximate surface area is 99.1 Å². The first kappa shape index (κ1) is 10.4. The lowest BCUT2D eigenvalue weighted by molar-refractivity contribution is 0.207. The van der Waals surface area contributed by atoms with Crippen LogP contribution < -0.4 is 0 Å². The van der Waals surface area contributed by atoms with Crippen molar-refractivity contribution >= 4 is 0 Å². The van der Waals surface area contributed by atoms with E-state index in [-0.39, 0.29) is 12.6 Å². The van der Waals surface area contributed by atoms with Crippen LogP contribution in [0.5, 0.6) is 0 Å². The van der Waals surface area contributed by atoms with Gasteiger partial charge in [-0.25, -0.2) is 0 Å². The molecule has 0 bridgehead atoms. The van der Waals surface area contributed by atoms with E-state index in [1.54, 1.807) is 12.4 Å². The fourth-order valence-electron chi connectivity index (χ4n) is 2.37. The van der Waals surface area contributed by atoms with Gasteiger partial charge in [0.05, 0.1) is 12.6 Å². The Morgan fingerprint density at radius 3 is 3.12 bits per heavy atom. The van der Waals surface area contributed by atoms with Gasteiger partial charge in [-0.15, -0.1) is 10.2 Å². The van der Waals surface area contributed by atoms with Crippen LogP contribution in [0, 0.1) is 0 Å². The first-order chi connectivity index (χ1) is 8.40. The van der Waals surface area contributed by atoms with E-state index in [1.807, 2.05) is 12.1 Å². The summed E-state index contributed by atoms with van der Waals surface area (Å²) in [6.45, 7) is 0.137. The molecule has 0 spiro atoms. The molecule has 1 unspecified atom stereocenters. The van der Waals surface area contributed by atoms with E-state index in [0.29, 0.717) is 0 Å². The third-order valence-electron chi connectivity index (χ3n) is 3.20. The molecule has 0 saturated heterocycles. The Morgan fingerprint density at radius 2 is 2.35 bits per heavy atom. The third-order valence-corrected chi connectivity index (χ3v) is 3.20. The minimum Gasteiger partial charge on any atom is -0.394 e. The molecule has 1 aliphatic rings. The highest BCUT2D eigenvalue weighted by atomic mass is 16.3. The lowest BCUT2D eigenvalue weighted by Gasteiger charge is -2.24. The molecule has 3 rings (SSSR count). The van der Waals surface area contributed by atoms with Crippen molar-refractivity contribution in [1.29, 1.82) is 0 Å². The standard InChI is InChI=1S/C12H14N4O/c17-8-10-4-1-5-11-14-15-12(16(10)11)9-3-2-6-13-7-9/h2-3,6-7,10,17H,1,4-5,8H2. The first-order valence-corrected chi connectivity index (χ1v) is 5.85. The van der Waals surface area contributed by atoms with Crippen LogP contribution in [0.2, 0.25) is 0 Å². The Hall–Kier alpha value is -1.75. The molecule has 0 aromatic carbocycles. The maximum absolute atomic E-state index is 9.44. The summed E-state index contributed by atoms with van der Waals surface area (Å²) < 4.78 is 2.06. The molecule has 17 heavy (non-hydrogen) atoms. The number of aryl methyl sites for hydroxylation is 1. The van der Waals surface area contributed by atoms with Gasteiger partial charge in [0.15, 0.2) is 5.82 Å². The number of fused-ring (bicyclic) bond motifs is 1. The van der Waals surface area contributed by atoms with E-state index in [0.717, 1.165) is 36.5 Å². The Morgan fingerprint density at radius 1 is 1.41 bits per heavy atom. The van der Waals surface area contributed by atoms with Gasteiger partial charge in [-0.1, -0.05) is 0 Å². The number of hydrogen-bond acceptors (Lipinski definition) is 4. The molecule has 0 amide bonds. The minimum absolute atomic E-state index is 0.101. The Kier molecular flexibility index (Phi) is 2.60. The van der Waals surface area contributed by atoms with E-state index in [1.165, 1.54) is 0 Å². The molecule has 0 saturated carbocycles. The van der Waals surface area contributed by atoms with E-state index in [4.69, 9.17) is 0 Å². The number of aliphatic hydroxyl groups excluding tert-OH is 1. The van der Waals surface area contributed by atoms with Gasteiger partial charge < -0.3 is 9.67 Å². The monoisotopic (exact) mass is 230 g/mol. The SMILES string of the molecule is OCC1CCCc2nnc(-c3cccnc3)n21. The van der Waals surface area contributed by atoms with Crippen LogP contribution in [0.25, 0.3) is 11.4 Å². The largest absolute Gasteiger partial charge is 0.394 e. The van der Waals surface area contributed by atoms with Crippen LogP contribution in [0.1, 0.15) is 24.7 Å². The molecule has 2 aromatic rings. The van der Waals surface area contributed by atoms with Crippen LogP contribution in [0.3, 0.4) is 0 Å². The summed E-state index contributed by atoms with van der Waals surface area (Å²) in [6.07, 6.45) is 6.50. The molecular formula is C12H14N4O. The highest BCUT2D eigenvalue weighted by molar-refractivity contribution is 5.53. The summed E-state index contributed by atoms with van der Waals surface area (Å²) in [5.74, 6) is 1.78. The van der Waals surface area contributed by atoms with Crippen LogP contribution in [0.15, 0.2) is 24.5 Å². The van der Waals surface area contributed by atoms with Gasteiger partial charge in [-0.2, -0.15) is 0 Å². The predicted molar refractivity (Wildman–Crippen MR) is 62.3 cm³/mol. The van der Waals surface area contributed by atoms with Crippen molar-refractivity contribution in [1.82, 2.24) is 19.7 Å². The highest BCUT2D eigenvalue weighted by Crippen LogP contribution is 2.29. The second kappa shape index (κ2) is 4.25. The average molecular weight is 230 g/mol. The van der Waals surface area contributed by atoms with E-state index in [9.17, 15) is 5.11 Å². The van der Waals surface area contributed by atoms with Crippen LogP contribution in [0.4, 0.5) is 0 Å². The molecule has 1 N–H and O–H groups in total. The number of aliphatic hydroxyl groups is 1. The smallest absolute Gasteiger partial charge is 0.165 e. The molecule has 1 aliphatic heterocycles. The molecule has 5 heteroatoms. The van der Waals surface area contributed by atoms with Gasteiger partial charge in [-0.3, -0.25) is 4.98 Å². The van der Waals surface area contributed by atoms with Crippen LogP contribution in [-0.2, 0) is 6.42 Å². The molecule has 5 nitrogen and oxygen atoms in total. The normalized spacial score (nSPS) is 19.0. The van der Waals surface area contributed by atoms with Crippen molar-refractivity contribution in [2.45, 2.75) is 25.3 Å². The second-order valence-electron chi connectivity index (χ2n) is 4.28. The molecule has 0 fully saturated rings. The Bertz CT molecular complexity index is 508. The summed E-state index contributed by atoms with van der Waals surface area (Å²) in [4.78, 5) is 4.10. The zero-order valence-corrected chi connectivity index (χ0v) is 9.45. The molecule has 1 atom stereocenters. The van der Waals surface area contributed by atoms with Crippen LogP contribution in [-0.4, -0.2) is 31.5 Å². The van der Waals surface area contributed by atoms with Gasteiger partial charge in [0.1, 0.15) is 5.82 Å². The van der Waals surface area contributed by atoms with E-state index >= 15 is 0 Å².